The average Bonchev–Trinajstić information content (AvgIpc) is 3.29. The van der Waals surface area contributed by atoms with E-state index in [0.717, 1.165) is 19.4 Å². The molecule has 5 heteroatoms. The second-order valence-corrected chi connectivity index (χ2v) is 6.69. The van der Waals surface area contributed by atoms with Crippen LogP contribution in [0.1, 0.15) is 43.7 Å². The predicted octanol–water partition coefficient (Wildman–Crippen LogP) is 2.90. The van der Waals surface area contributed by atoms with Crippen molar-refractivity contribution in [2.45, 2.75) is 49.9 Å². The third-order valence-corrected chi connectivity index (χ3v) is 4.94. The molecule has 2 heterocycles. The summed E-state index contributed by atoms with van der Waals surface area (Å²) in [7, 11) is 2.11. The Balaban J connectivity index is 1.53. The quantitative estimate of drug-likeness (QED) is 0.784. The van der Waals surface area contributed by atoms with Crippen molar-refractivity contribution in [3.05, 3.63) is 35.9 Å². The van der Waals surface area contributed by atoms with Crippen molar-refractivity contribution in [1.82, 2.24) is 10.2 Å². The van der Waals surface area contributed by atoms with Crippen molar-refractivity contribution in [1.29, 1.82) is 0 Å². The minimum atomic E-state index is -0.380. The molecule has 0 aliphatic carbocycles. The van der Waals surface area contributed by atoms with Gasteiger partial charge in [0.05, 0.1) is 6.04 Å². The number of rotatable bonds is 7. The van der Waals surface area contributed by atoms with Crippen LogP contribution in [0.15, 0.2) is 40.6 Å². The van der Waals surface area contributed by atoms with Crippen molar-refractivity contribution in [2.24, 2.45) is 10.2 Å². The van der Waals surface area contributed by atoms with Gasteiger partial charge in [-0.2, -0.15) is 10.2 Å². The van der Waals surface area contributed by atoms with E-state index in [1.807, 2.05) is 18.2 Å². The summed E-state index contributed by atoms with van der Waals surface area (Å²) in [4.78, 5) is 14.7. The van der Waals surface area contributed by atoms with Crippen molar-refractivity contribution in [2.75, 3.05) is 13.6 Å². The van der Waals surface area contributed by atoms with Gasteiger partial charge in [-0.05, 0) is 19.0 Å². The highest BCUT2D eigenvalue weighted by Crippen LogP contribution is 2.37. The largest absolute Gasteiger partial charge is 0.351 e. The lowest BCUT2D eigenvalue weighted by Crippen LogP contribution is -2.39. The summed E-state index contributed by atoms with van der Waals surface area (Å²) in [5.74, 6) is 2.69. The molecule has 1 N–H and O–H groups in total. The monoisotopic (exact) mass is 324 g/mol. The van der Waals surface area contributed by atoms with Crippen LogP contribution in [0.5, 0.6) is 0 Å². The molecule has 0 radical (unpaired) electrons. The fourth-order valence-electron chi connectivity index (χ4n) is 3.50. The van der Waals surface area contributed by atoms with E-state index >= 15 is 0 Å². The molecular weight excluding hydrogens is 300 g/mol. The Morgan fingerprint density at radius 3 is 2.79 bits per heavy atom. The smallest absolute Gasteiger partial charge is 0.220 e. The zero-order valence-corrected chi connectivity index (χ0v) is 14.1. The maximum absolute atomic E-state index is 12.4. The number of hydrogen-bond acceptors (Lipinski definition) is 4. The number of benzene rings is 1. The number of carbonyl (C=O) groups excluding carboxylic acids is 1. The fraction of sp³-hybridized carbons (Fsp3) is 0.526. The molecule has 1 aromatic rings. The van der Waals surface area contributed by atoms with Gasteiger partial charge in [0.25, 0.3) is 0 Å². The maximum Gasteiger partial charge on any atom is 0.220 e. The van der Waals surface area contributed by atoms with Gasteiger partial charge in [0.2, 0.25) is 5.91 Å². The van der Waals surface area contributed by atoms with Crippen LogP contribution in [0.3, 0.4) is 0 Å². The van der Waals surface area contributed by atoms with Crippen LogP contribution in [-0.2, 0) is 4.79 Å². The van der Waals surface area contributed by atoms with Crippen LogP contribution in [0.25, 0.3) is 0 Å². The van der Waals surface area contributed by atoms with E-state index in [0.29, 0.717) is 19.3 Å². The van der Waals surface area contributed by atoms with E-state index in [4.69, 9.17) is 6.42 Å². The van der Waals surface area contributed by atoms with Gasteiger partial charge >= 0.3 is 0 Å². The van der Waals surface area contributed by atoms with Crippen molar-refractivity contribution >= 4 is 5.91 Å². The molecule has 5 nitrogen and oxygen atoms in total. The Morgan fingerprint density at radius 2 is 2.12 bits per heavy atom. The topological polar surface area (TPSA) is 57.1 Å². The Kier molecular flexibility index (Phi) is 4.96. The summed E-state index contributed by atoms with van der Waals surface area (Å²) < 4.78 is 0. The summed E-state index contributed by atoms with van der Waals surface area (Å²) in [6.07, 6.45) is 8.76. The molecule has 0 bridgehead atoms. The molecule has 0 saturated carbocycles. The van der Waals surface area contributed by atoms with Crippen LogP contribution in [0.4, 0.5) is 0 Å². The van der Waals surface area contributed by atoms with E-state index in [2.05, 4.69) is 45.5 Å². The summed E-state index contributed by atoms with van der Waals surface area (Å²) >= 11 is 0. The highest BCUT2D eigenvalue weighted by molar-refractivity contribution is 5.76. The molecule has 24 heavy (non-hydrogen) atoms. The third kappa shape index (κ3) is 3.82. The van der Waals surface area contributed by atoms with Crippen molar-refractivity contribution < 1.29 is 4.79 Å². The Morgan fingerprint density at radius 1 is 1.38 bits per heavy atom. The molecule has 1 fully saturated rings. The third-order valence-electron chi connectivity index (χ3n) is 4.94. The summed E-state index contributed by atoms with van der Waals surface area (Å²) in [6, 6.07) is 10.8. The summed E-state index contributed by atoms with van der Waals surface area (Å²) in [5.41, 5.74) is 0.870. The van der Waals surface area contributed by atoms with Gasteiger partial charge in [0.1, 0.15) is 0 Å². The molecule has 2 aliphatic heterocycles. The minimum absolute atomic E-state index is 0.0774. The summed E-state index contributed by atoms with van der Waals surface area (Å²) in [6.45, 7) is 0.987. The van der Waals surface area contributed by atoms with E-state index in [1.54, 1.807) is 0 Å². The second kappa shape index (κ2) is 7.14. The van der Waals surface area contributed by atoms with Gasteiger partial charge in [0, 0.05) is 38.3 Å². The molecule has 0 spiro atoms. The van der Waals surface area contributed by atoms with E-state index < -0.39 is 0 Å². The van der Waals surface area contributed by atoms with Gasteiger partial charge in [-0.15, -0.1) is 12.3 Å². The number of terminal acetylenes is 1. The number of carbonyl (C=O) groups is 1. The van der Waals surface area contributed by atoms with E-state index in [9.17, 15) is 4.79 Å². The van der Waals surface area contributed by atoms with Crippen LogP contribution in [-0.4, -0.2) is 36.1 Å². The Hall–Kier alpha value is -2.19. The highest BCUT2D eigenvalue weighted by Gasteiger charge is 2.40. The standard InChI is InChI=1S/C19H24N4O/c1-3-4-12-19(21-22-19)13-10-17(24)20-16-11-14-23(2)18(16)15-8-6-5-7-9-15/h1,5-9,16,18H,4,10-14H2,2H3,(H,20,24)/t16-,18+/m1/s1. The number of likely N-dealkylation sites (tertiary alicyclic amines) is 1. The zero-order chi connectivity index (χ0) is 17.0. The number of amides is 1. The number of hydrogen-bond donors (Lipinski definition) is 1. The van der Waals surface area contributed by atoms with Gasteiger partial charge in [-0.1, -0.05) is 30.3 Å². The predicted molar refractivity (Wildman–Crippen MR) is 93.2 cm³/mol. The lowest BCUT2D eigenvalue weighted by molar-refractivity contribution is -0.122. The fourth-order valence-corrected chi connectivity index (χ4v) is 3.50. The molecule has 2 atom stereocenters. The second-order valence-electron chi connectivity index (χ2n) is 6.69. The molecule has 1 aromatic carbocycles. The first-order chi connectivity index (χ1) is 11.6. The Labute approximate surface area is 143 Å². The normalized spacial score (nSPS) is 24.5. The lowest BCUT2D eigenvalue weighted by Gasteiger charge is -2.26. The number of likely N-dealkylation sites (N-methyl/N-ethyl adjacent to an activating group) is 1. The molecule has 1 saturated heterocycles. The number of nitrogens with one attached hydrogen (secondary N) is 1. The summed E-state index contributed by atoms with van der Waals surface area (Å²) in [5, 5.41) is 11.4. The molecule has 0 aromatic heterocycles. The maximum atomic E-state index is 12.4. The first kappa shape index (κ1) is 16.7. The van der Waals surface area contributed by atoms with Crippen LogP contribution in [0, 0.1) is 12.3 Å². The highest BCUT2D eigenvalue weighted by atomic mass is 16.1. The molecule has 2 aliphatic rings. The molecule has 1 amide bonds. The molecule has 3 rings (SSSR count). The minimum Gasteiger partial charge on any atom is -0.351 e. The number of nitrogens with zero attached hydrogens (tertiary/aromatic N) is 3. The van der Waals surface area contributed by atoms with Crippen LogP contribution >= 0.6 is 0 Å². The van der Waals surface area contributed by atoms with Gasteiger partial charge in [-0.3, -0.25) is 9.69 Å². The first-order valence-corrected chi connectivity index (χ1v) is 8.56. The SMILES string of the molecule is C#CCCC1(CCC(=O)N[C@@H]2CCN(C)[C@H]2c2ccccc2)N=N1. The van der Waals surface area contributed by atoms with Gasteiger partial charge in [-0.25, -0.2) is 0 Å². The lowest BCUT2D eigenvalue weighted by atomic mass is 9.99. The molecule has 0 unspecified atom stereocenters. The van der Waals surface area contributed by atoms with Crippen LogP contribution in [0.2, 0.25) is 0 Å². The Bertz CT molecular complexity index is 643. The molecule has 126 valence electrons. The van der Waals surface area contributed by atoms with Crippen molar-refractivity contribution in [3.8, 4) is 12.3 Å². The average molecular weight is 324 g/mol. The van der Waals surface area contributed by atoms with Crippen molar-refractivity contribution in [3.63, 3.8) is 0 Å². The zero-order valence-electron chi connectivity index (χ0n) is 14.1. The first-order valence-electron chi connectivity index (χ1n) is 8.56. The van der Waals surface area contributed by atoms with Crippen LogP contribution < -0.4 is 5.32 Å². The van der Waals surface area contributed by atoms with Gasteiger partial charge in [0.15, 0.2) is 5.66 Å². The molecular formula is C19H24N4O. The van der Waals surface area contributed by atoms with E-state index in [-0.39, 0.29) is 23.7 Å². The van der Waals surface area contributed by atoms with E-state index in [1.165, 1.54) is 5.56 Å². The van der Waals surface area contributed by atoms with Gasteiger partial charge < -0.3 is 5.32 Å².